The molecule has 16 heavy (non-hydrogen) atoms. The van der Waals surface area contributed by atoms with Crippen LogP contribution in [0.1, 0.15) is 31.4 Å². The monoisotopic (exact) mass is 240 g/mol. The van der Waals surface area contributed by atoms with Crippen molar-refractivity contribution in [3.63, 3.8) is 0 Å². The third-order valence-electron chi connectivity index (χ3n) is 3.17. The second-order valence-electron chi connectivity index (χ2n) is 4.25. The van der Waals surface area contributed by atoms with E-state index in [0.29, 0.717) is 16.8 Å². The summed E-state index contributed by atoms with van der Waals surface area (Å²) in [5.74, 6) is 0.445. The van der Waals surface area contributed by atoms with Gasteiger partial charge in [0.15, 0.2) is 5.15 Å². The maximum absolute atomic E-state index is 5.77. The van der Waals surface area contributed by atoms with Gasteiger partial charge in [0.2, 0.25) is 0 Å². The summed E-state index contributed by atoms with van der Waals surface area (Å²) in [5, 5.41) is 8.32. The zero-order chi connectivity index (χ0) is 11.5. The molecule has 0 saturated carbocycles. The Balaban J connectivity index is 2.13. The summed E-state index contributed by atoms with van der Waals surface area (Å²) in [6.07, 6.45) is 2.37. The smallest absolute Gasteiger partial charge is 0.174 e. The molecule has 1 atom stereocenters. The van der Waals surface area contributed by atoms with Gasteiger partial charge in [0.25, 0.3) is 0 Å². The van der Waals surface area contributed by atoms with E-state index in [0.717, 1.165) is 25.2 Å². The summed E-state index contributed by atoms with van der Waals surface area (Å²) in [4.78, 5) is 2.43. The predicted molar refractivity (Wildman–Crippen MR) is 65.5 cm³/mol. The zero-order valence-electron chi connectivity index (χ0n) is 9.49. The fraction of sp³-hybridized carbons (Fsp3) is 0.636. The molecule has 1 saturated heterocycles. The molecule has 5 heteroatoms. The van der Waals surface area contributed by atoms with Crippen LogP contribution in [0.15, 0.2) is 6.07 Å². The summed E-state index contributed by atoms with van der Waals surface area (Å²) in [7, 11) is 0. The molecular formula is C11H17ClN4. The SMILES string of the molecule is CCN1CCCC(c2cc(N)c(Cl)nn2)C1. The molecule has 1 aliphatic heterocycles. The molecule has 1 aromatic heterocycles. The van der Waals surface area contributed by atoms with Crippen LogP contribution >= 0.6 is 11.6 Å². The Hall–Kier alpha value is -0.870. The van der Waals surface area contributed by atoms with Gasteiger partial charge in [-0.25, -0.2) is 0 Å². The molecule has 0 spiro atoms. The number of rotatable bonds is 2. The van der Waals surface area contributed by atoms with Crippen LogP contribution in [0.4, 0.5) is 5.69 Å². The summed E-state index contributed by atoms with van der Waals surface area (Å²) in [6, 6.07) is 1.86. The van der Waals surface area contributed by atoms with Crippen LogP contribution in [0.3, 0.4) is 0 Å². The molecule has 1 aliphatic rings. The molecule has 0 radical (unpaired) electrons. The van der Waals surface area contributed by atoms with Crippen molar-refractivity contribution >= 4 is 17.3 Å². The van der Waals surface area contributed by atoms with Crippen molar-refractivity contribution in [2.24, 2.45) is 0 Å². The van der Waals surface area contributed by atoms with Gasteiger partial charge in [-0.05, 0) is 32.0 Å². The lowest BCUT2D eigenvalue weighted by atomic mass is 9.94. The van der Waals surface area contributed by atoms with Gasteiger partial charge in [0.1, 0.15) is 0 Å². The van der Waals surface area contributed by atoms with Crippen LogP contribution < -0.4 is 5.73 Å². The largest absolute Gasteiger partial charge is 0.396 e. The van der Waals surface area contributed by atoms with Crippen molar-refractivity contribution in [2.45, 2.75) is 25.7 Å². The first-order valence-corrected chi connectivity index (χ1v) is 6.09. The van der Waals surface area contributed by atoms with Crippen LogP contribution in [0.2, 0.25) is 5.15 Å². The van der Waals surface area contributed by atoms with Crippen LogP contribution in [0, 0.1) is 0 Å². The highest BCUT2D eigenvalue weighted by Crippen LogP contribution is 2.27. The Morgan fingerprint density at radius 1 is 1.56 bits per heavy atom. The Bertz CT molecular complexity index is 369. The number of hydrogen-bond acceptors (Lipinski definition) is 4. The highest BCUT2D eigenvalue weighted by molar-refractivity contribution is 6.31. The molecule has 2 N–H and O–H groups in total. The van der Waals surface area contributed by atoms with Crippen LogP contribution in [0.5, 0.6) is 0 Å². The first-order chi connectivity index (χ1) is 7.70. The topological polar surface area (TPSA) is 55.0 Å². The molecule has 2 heterocycles. The number of halogens is 1. The normalized spacial score (nSPS) is 22.2. The number of aromatic nitrogens is 2. The number of likely N-dealkylation sites (tertiary alicyclic amines) is 1. The van der Waals surface area contributed by atoms with Crippen molar-refractivity contribution < 1.29 is 0 Å². The second kappa shape index (κ2) is 4.97. The van der Waals surface area contributed by atoms with Gasteiger partial charge in [0.05, 0.1) is 11.4 Å². The predicted octanol–water partition coefficient (Wildman–Crippen LogP) is 1.91. The highest BCUT2D eigenvalue weighted by Gasteiger charge is 2.22. The Kier molecular flexibility index (Phi) is 3.61. The number of nitrogens with zero attached hydrogens (tertiary/aromatic N) is 3. The summed E-state index contributed by atoms with van der Waals surface area (Å²) in [5.41, 5.74) is 7.25. The van der Waals surface area contributed by atoms with E-state index in [1.54, 1.807) is 0 Å². The van der Waals surface area contributed by atoms with Crippen molar-refractivity contribution in [2.75, 3.05) is 25.4 Å². The average molecular weight is 241 g/mol. The average Bonchev–Trinajstić information content (AvgIpc) is 2.33. The molecule has 1 aromatic rings. The first kappa shape index (κ1) is 11.6. The molecule has 0 bridgehead atoms. The quantitative estimate of drug-likeness (QED) is 0.858. The fourth-order valence-electron chi connectivity index (χ4n) is 2.19. The Morgan fingerprint density at radius 3 is 3.06 bits per heavy atom. The molecular weight excluding hydrogens is 224 g/mol. The highest BCUT2D eigenvalue weighted by atomic mass is 35.5. The van der Waals surface area contributed by atoms with Gasteiger partial charge in [0, 0.05) is 12.5 Å². The third-order valence-corrected chi connectivity index (χ3v) is 3.46. The van der Waals surface area contributed by atoms with Gasteiger partial charge < -0.3 is 10.6 Å². The van der Waals surface area contributed by atoms with Gasteiger partial charge in [-0.1, -0.05) is 18.5 Å². The van der Waals surface area contributed by atoms with Gasteiger partial charge in [-0.15, -0.1) is 5.10 Å². The van der Waals surface area contributed by atoms with Crippen LogP contribution in [0.25, 0.3) is 0 Å². The van der Waals surface area contributed by atoms with E-state index in [1.165, 1.54) is 13.0 Å². The molecule has 1 unspecified atom stereocenters. The van der Waals surface area contributed by atoms with E-state index in [-0.39, 0.29) is 0 Å². The third kappa shape index (κ3) is 2.44. The van der Waals surface area contributed by atoms with Crippen LogP contribution in [-0.2, 0) is 0 Å². The maximum Gasteiger partial charge on any atom is 0.174 e. The molecule has 0 aliphatic carbocycles. The number of likely N-dealkylation sites (N-methyl/N-ethyl adjacent to an activating group) is 1. The second-order valence-corrected chi connectivity index (χ2v) is 4.61. The minimum absolute atomic E-state index is 0.298. The Morgan fingerprint density at radius 2 is 2.38 bits per heavy atom. The maximum atomic E-state index is 5.77. The lowest BCUT2D eigenvalue weighted by molar-refractivity contribution is 0.215. The number of nitrogen functional groups attached to an aromatic ring is 1. The number of anilines is 1. The summed E-state index contributed by atoms with van der Waals surface area (Å²) in [6.45, 7) is 5.51. The number of piperidine rings is 1. The van der Waals surface area contributed by atoms with Gasteiger partial charge in [-0.3, -0.25) is 0 Å². The molecule has 0 aromatic carbocycles. The molecule has 0 amide bonds. The van der Waals surface area contributed by atoms with Crippen molar-refractivity contribution in [3.8, 4) is 0 Å². The molecule has 4 nitrogen and oxygen atoms in total. The van der Waals surface area contributed by atoms with Crippen molar-refractivity contribution in [1.82, 2.24) is 15.1 Å². The lowest BCUT2D eigenvalue weighted by Crippen LogP contribution is -2.34. The summed E-state index contributed by atoms with van der Waals surface area (Å²) >= 11 is 5.77. The van der Waals surface area contributed by atoms with E-state index < -0.39 is 0 Å². The summed E-state index contributed by atoms with van der Waals surface area (Å²) < 4.78 is 0. The molecule has 1 fully saturated rings. The van der Waals surface area contributed by atoms with E-state index in [1.807, 2.05) is 6.07 Å². The fourth-order valence-corrected chi connectivity index (χ4v) is 2.28. The standard InChI is InChI=1S/C11H17ClN4/c1-2-16-5-3-4-8(7-16)10-6-9(13)11(12)15-14-10/h6,8H,2-5,7H2,1H3,(H2,13,14). The molecule has 88 valence electrons. The number of hydrogen-bond donors (Lipinski definition) is 1. The first-order valence-electron chi connectivity index (χ1n) is 5.71. The van der Waals surface area contributed by atoms with Gasteiger partial charge >= 0.3 is 0 Å². The molecule has 2 rings (SSSR count). The Labute approximate surface area is 101 Å². The minimum atomic E-state index is 0.298. The minimum Gasteiger partial charge on any atom is -0.396 e. The lowest BCUT2D eigenvalue weighted by Gasteiger charge is -2.31. The number of nitrogens with two attached hydrogens (primary N) is 1. The van der Waals surface area contributed by atoms with E-state index >= 15 is 0 Å². The van der Waals surface area contributed by atoms with Crippen molar-refractivity contribution in [3.05, 3.63) is 16.9 Å². The van der Waals surface area contributed by atoms with Gasteiger partial charge in [-0.2, -0.15) is 5.10 Å². The zero-order valence-corrected chi connectivity index (χ0v) is 10.2. The van der Waals surface area contributed by atoms with E-state index in [4.69, 9.17) is 17.3 Å². The van der Waals surface area contributed by atoms with E-state index in [2.05, 4.69) is 22.0 Å². The van der Waals surface area contributed by atoms with Crippen LogP contribution in [-0.4, -0.2) is 34.7 Å². The van der Waals surface area contributed by atoms with E-state index in [9.17, 15) is 0 Å². The van der Waals surface area contributed by atoms with Crippen molar-refractivity contribution in [1.29, 1.82) is 0 Å².